The molecule has 1 aromatic heterocycles. The van der Waals surface area contributed by atoms with E-state index in [0.29, 0.717) is 17.1 Å². The van der Waals surface area contributed by atoms with Gasteiger partial charge in [-0.15, -0.1) is 0 Å². The van der Waals surface area contributed by atoms with E-state index in [9.17, 15) is 8.42 Å². The predicted octanol–water partition coefficient (Wildman–Crippen LogP) is 0.403. The van der Waals surface area contributed by atoms with E-state index < -0.39 is 10.0 Å². The summed E-state index contributed by atoms with van der Waals surface area (Å²) in [4.78, 5) is 0.471. The number of thiocarbonyl (C=S) groups is 1. The van der Waals surface area contributed by atoms with Crippen LogP contribution in [0.1, 0.15) is 19.0 Å². The zero-order chi connectivity index (χ0) is 13.2. The van der Waals surface area contributed by atoms with Gasteiger partial charge in [0.2, 0.25) is 10.0 Å². The summed E-state index contributed by atoms with van der Waals surface area (Å²) in [5, 5.41) is 6.31. The number of nitrogens with two attached hydrogens (primary N) is 1. The Bertz CT molecular complexity index is 509. The van der Waals surface area contributed by atoms with Gasteiger partial charge >= 0.3 is 0 Å². The minimum atomic E-state index is -3.55. The molecule has 17 heavy (non-hydrogen) atoms. The molecule has 0 aliphatic heterocycles. The zero-order valence-corrected chi connectivity index (χ0v) is 11.6. The summed E-state index contributed by atoms with van der Waals surface area (Å²) in [6.07, 6.45) is 1.65. The largest absolute Gasteiger partial charge is 0.393 e. The molecule has 0 saturated heterocycles. The molecule has 8 heteroatoms. The minimum absolute atomic E-state index is 0.176. The fourth-order valence-corrected chi connectivity index (χ4v) is 3.13. The molecule has 0 aliphatic carbocycles. The Morgan fingerprint density at radius 1 is 1.71 bits per heavy atom. The summed E-state index contributed by atoms with van der Waals surface area (Å²) in [6, 6.07) is -0.285. The van der Waals surface area contributed by atoms with Crippen molar-refractivity contribution in [1.29, 1.82) is 0 Å². The first-order valence-electron chi connectivity index (χ1n) is 5.03. The highest BCUT2D eigenvalue weighted by Gasteiger charge is 2.28. The molecular weight excluding hydrogens is 260 g/mol. The van der Waals surface area contributed by atoms with Crippen LogP contribution in [0.3, 0.4) is 0 Å². The molecule has 96 valence electrons. The molecule has 0 aromatic carbocycles. The number of hydrogen-bond donors (Lipinski definition) is 2. The smallest absolute Gasteiger partial charge is 0.246 e. The van der Waals surface area contributed by atoms with E-state index in [2.05, 4.69) is 10.2 Å². The molecule has 0 radical (unpaired) electrons. The van der Waals surface area contributed by atoms with E-state index in [4.69, 9.17) is 18.0 Å². The Kier molecular flexibility index (Phi) is 4.23. The van der Waals surface area contributed by atoms with E-state index >= 15 is 0 Å². The number of aromatic nitrogens is 2. The third-order valence-electron chi connectivity index (χ3n) is 2.56. The molecule has 0 aliphatic rings. The Hall–Kier alpha value is -0.990. The highest BCUT2D eigenvalue weighted by atomic mass is 32.2. The van der Waals surface area contributed by atoms with E-state index in [0.717, 1.165) is 0 Å². The van der Waals surface area contributed by atoms with Crippen molar-refractivity contribution in [2.45, 2.75) is 31.2 Å². The maximum absolute atomic E-state index is 12.2. The van der Waals surface area contributed by atoms with Crippen molar-refractivity contribution in [3.8, 4) is 0 Å². The van der Waals surface area contributed by atoms with Crippen molar-refractivity contribution in [3.05, 3.63) is 11.9 Å². The second-order valence-corrected chi connectivity index (χ2v) is 6.39. The maximum atomic E-state index is 12.2. The monoisotopic (exact) mass is 276 g/mol. The Labute approximate surface area is 106 Å². The normalized spacial score (nSPS) is 13.9. The quantitative estimate of drug-likeness (QED) is 0.760. The van der Waals surface area contributed by atoms with Crippen LogP contribution in [0, 0.1) is 6.92 Å². The molecule has 1 aromatic rings. The fourth-order valence-electron chi connectivity index (χ4n) is 1.41. The molecule has 0 spiro atoms. The number of hydrogen-bond acceptors (Lipinski definition) is 4. The summed E-state index contributed by atoms with van der Waals surface area (Å²) < 4.78 is 25.7. The summed E-state index contributed by atoms with van der Waals surface area (Å²) in [5.41, 5.74) is 5.93. The average Bonchev–Trinajstić information content (AvgIpc) is 2.62. The van der Waals surface area contributed by atoms with Gasteiger partial charge in [-0.3, -0.25) is 5.10 Å². The van der Waals surface area contributed by atoms with Crippen LogP contribution in [0.5, 0.6) is 0 Å². The molecule has 1 heterocycles. The van der Waals surface area contributed by atoms with Gasteiger partial charge in [0.1, 0.15) is 4.90 Å². The number of nitrogens with zero attached hydrogens (tertiary/aromatic N) is 2. The Balaban J connectivity index is 2.99. The highest BCUT2D eigenvalue weighted by Crippen LogP contribution is 2.19. The average molecular weight is 276 g/mol. The van der Waals surface area contributed by atoms with E-state index in [1.54, 1.807) is 13.8 Å². The van der Waals surface area contributed by atoms with Crippen molar-refractivity contribution < 1.29 is 8.42 Å². The molecule has 1 unspecified atom stereocenters. The van der Waals surface area contributed by atoms with Crippen LogP contribution in [0.15, 0.2) is 11.1 Å². The third-order valence-corrected chi connectivity index (χ3v) is 4.81. The lowest BCUT2D eigenvalue weighted by atomic mass is 10.2. The van der Waals surface area contributed by atoms with Crippen molar-refractivity contribution in [2.75, 3.05) is 7.05 Å². The number of aromatic amines is 1. The van der Waals surface area contributed by atoms with Crippen LogP contribution in [0.2, 0.25) is 0 Å². The molecular formula is C9H16N4O2S2. The van der Waals surface area contributed by atoms with Gasteiger partial charge in [0.05, 0.1) is 16.9 Å². The van der Waals surface area contributed by atoms with E-state index in [1.807, 2.05) is 0 Å². The summed E-state index contributed by atoms with van der Waals surface area (Å²) in [5.74, 6) is 0. The number of H-pyrrole nitrogens is 1. The van der Waals surface area contributed by atoms with Crippen molar-refractivity contribution >= 4 is 27.2 Å². The van der Waals surface area contributed by atoms with Crippen LogP contribution in [0.4, 0.5) is 0 Å². The predicted molar refractivity (Wildman–Crippen MR) is 69.1 cm³/mol. The topological polar surface area (TPSA) is 92.1 Å². The second kappa shape index (κ2) is 5.11. The molecule has 6 nitrogen and oxygen atoms in total. The highest BCUT2D eigenvalue weighted by molar-refractivity contribution is 7.89. The SMILES string of the molecule is Cc1[nH]ncc1S(=O)(=O)N(C)C(C)CC(N)=S. The summed E-state index contributed by atoms with van der Waals surface area (Å²) >= 11 is 4.78. The first kappa shape index (κ1) is 14.1. The van der Waals surface area contributed by atoms with Gasteiger partial charge in [-0.05, 0) is 13.8 Å². The van der Waals surface area contributed by atoms with Gasteiger partial charge in [0.15, 0.2) is 0 Å². The minimum Gasteiger partial charge on any atom is -0.393 e. The summed E-state index contributed by atoms with van der Waals surface area (Å²) in [7, 11) is -2.04. The summed E-state index contributed by atoms with van der Waals surface area (Å²) in [6.45, 7) is 3.41. The van der Waals surface area contributed by atoms with Gasteiger partial charge in [-0.2, -0.15) is 9.40 Å². The zero-order valence-electron chi connectivity index (χ0n) is 9.97. The van der Waals surface area contributed by atoms with Crippen LogP contribution >= 0.6 is 12.2 Å². The first-order valence-corrected chi connectivity index (χ1v) is 6.88. The lowest BCUT2D eigenvalue weighted by molar-refractivity contribution is 0.397. The number of rotatable bonds is 5. The van der Waals surface area contributed by atoms with Crippen LogP contribution < -0.4 is 5.73 Å². The molecule has 1 atom stereocenters. The maximum Gasteiger partial charge on any atom is 0.246 e. The fraction of sp³-hybridized carbons (Fsp3) is 0.556. The van der Waals surface area contributed by atoms with Crippen molar-refractivity contribution in [1.82, 2.24) is 14.5 Å². The van der Waals surface area contributed by atoms with Gasteiger partial charge in [0.25, 0.3) is 0 Å². The van der Waals surface area contributed by atoms with Crippen molar-refractivity contribution in [3.63, 3.8) is 0 Å². The van der Waals surface area contributed by atoms with Crippen LogP contribution in [0.25, 0.3) is 0 Å². The standard InChI is InChI=1S/C9H16N4O2S2/c1-6(4-9(10)16)13(3)17(14,15)8-5-11-12-7(8)2/h5-6H,4H2,1-3H3,(H2,10,16)(H,11,12). The molecule has 0 saturated carbocycles. The van der Waals surface area contributed by atoms with Crippen LogP contribution in [-0.2, 0) is 10.0 Å². The molecule has 0 amide bonds. The Morgan fingerprint density at radius 2 is 2.29 bits per heavy atom. The molecule has 0 bridgehead atoms. The van der Waals surface area contributed by atoms with Gasteiger partial charge < -0.3 is 5.73 Å². The second-order valence-electron chi connectivity index (χ2n) is 3.90. The Morgan fingerprint density at radius 3 is 2.71 bits per heavy atom. The number of aryl methyl sites for hydroxylation is 1. The lowest BCUT2D eigenvalue weighted by Gasteiger charge is -2.23. The molecule has 0 fully saturated rings. The van der Waals surface area contributed by atoms with Gasteiger partial charge in [-0.25, -0.2) is 8.42 Å². The molecule has 3 N–H and O–H groups in total. The third kappa shape index (κ3) is 3.02. The molecule has 1 rings (SSSR count). The van der Waals surface area contributed by atoms with Crippen molar-refractivity contribution in [2.24, 2.45) is 5.73 Å². The van der Waals surface area contributed by atoms with Gasteiger partial charge in [0, 0.05) is 19.5 Å². The van der Waals surface area contributed by atoms with E-state index in [1.165, 1.54) is 17.5 Å². The number of sulfonamides is 1. The first-order chi connectivity index (χ1) is 7.76. The van der Waals surface area contributed by atoms with E-state index in [-0.39, 0.29) is 10.9 Å². The van der Waals surface area contributed by atoms with Crippen LogP contribution in [-0.4, -0.2) is 41.0 Å². The number of nitrogens with one attached hydrogen (secondary N) is 1. The lowest BCUT2D eigenvalue weighted by Crippen LogP contribution is -2.37. The van der Waals surface area contributed by atoms with Gasteiger partial charge in [-0.1, -0.05) is 12.2 Å².